The third kappa shape index (κ3) is 4.28. The zero-order valence-electron chi connectivity index (χ0n) is 13.2. The summed E-state index contributed by atoms with van der Waals surface area (Å²) in [6.07, 6.45) is 2.91. The summed E-state index contributed by atoms with van der Waals surface area (Å²) in [5.74, 6) is 0.561. The third-order valence-corrected chi connectivity index (χ3v) is 4.18. The van der Waals surface area contributed by atoms with Crippen LogP contribution in [0.2, 0.25) is 0 Å². The Morgan fingerprint density at radius 3 is 2.55 bits per heavy atom. The van der Waals surface area contributed by atoms with Gasteiger partial charge in [-0.05, 0) is 55.0 Å². The van der Waals surface area contributed by atoms with Crippen LogP contribution in [-0.4, -0.2) is 18.8 Å². The number of rotatable bonds is 6. The van der Waals surface area contributed by atoms with E-state index < -0.39 is 0 Å². The van der Waals surface area contributed by atoms with Gasteiger partial charge in [-0.2, -0.15) is 0 Å². The largest absolute Gasteiger partial charge is 0.484 e. The highest BCUT2D eigenvalue weighted by atomic mass is 32.2. The molecule has 4 heteroatoms. The Hall–Kier alpha value is -1.94. The van der Waals surface area contributed by atoms with E-state index in [9.17, 15) is 4.79 Å². The molecule has 0 unspecified atom stereocenters. The number of carbonyl (C=O) groups is 1. The summed E-state index contributed by atoms with van der Waals surface area (Å²) in [6.45, 7) is 4.08. The first-order chi connectivity index (χ1) is 10.6. The molecule has 0 aliphatic heterocycles. The molecule has 0 spiro atoms. The molecule has 116 valence electrons. The average molecular weight is 315 g/mol. The van der Waals surface area contributed by atoms with E-state index >= 15 is 0 Å². The van der Waals surface area contributed by atoms with Crippen LogP contribution in [0.25, 0.3) is 0 Å². The second-order valence-electron chi connectivity index (χ2n) is 4.97. The lowest BCUT2D eigenvalue weighted by Gasteiger charge is -2.13. The number of thioether (sulfide) groups is 1. The molecular formula is C18H21NO2S. The smallest absolute Gasteiger partial charge is 0.262 e. The molecule has 2 aromatic rings. The summed E-state index contributed by atoms with van der Waals surface area (Å²) in [7, 11) is 0. The van der Waals surface area contributed by atoms with Gasteiger partial charge in [-0.1, -0.05) is 25.1 Å². The fraction of sp³-hybridized carbons (Fsp3) is 0.278. The van der Waals surface area contributed by atoms with Crippen LogP contribution in [-0.2, 0) is 11.2 Å². The number of anilines is 1. The summed E-state index contributed by atoms with van der Waals surface area (Å²) >= 11 is 1.67. The molecule has 2 aromatic carbocycles. The van der Waals surface area contributed by atoms with Gasteiger partial charge >= 0.3 is 0 Å². The fourth-order valence-corrected chi connectivity index (χ4v) is 2.61. The summed E-state index contributed by atoms with van der Waals surface area (Å²) in [6, 6.07) is 13.8. The van der Waals surface area contributed by atoms with Crippen LogP contribution < -0.4 is 10.1 Å². The van der Waals surface area contributed by atoms with Crippen LogP contribution in [0.15, 0.2) is 47.4 Å². The lowest BCUT2D eigenvalue weighted by Crippen LogP contribution is -2.21. The van der Waals surface area contributed by atoms with E-state index in [1.54, 1.807) is 11.8 Å². The Morgan fingerprint density at radius 1 is 1.18 bits per heavy atom. The van der Waals surface area contributed by atoms with Crippen molar-refractivity contribution in [2.75, 3.05) is 18.2 Å². The molecule has 3 nitrogen and oxygen atoms in total. The zero-order chi connectivity index (χ0) is 15.9. The highest BCUT2D eigenvalue weighted by molar-refractivity contribution is 7.98. The van der Waals surface area contributed by atoms with Crippen LogP contribution in [0, 0.1) is 6.92 Å². The van der Waals surface area contributed by atoms with Crippen molar-refractivity contribution in [3.63, 3.8) is 0 Å². The second-order valence-corrected chi connectivity index (χ2v) is 5.85. The van der Waals surface area contributed by atoms with Gasteiger partial charge in [0.2, 0.25) is 0 Å². The Balaban J connectivity index is 1.95. The van der Waals surface area contributed by atoms with Crippen molar-refractivity contribution >= 4 is 23.4 Å². The molecule has 1 N–H and O–H groups in total. The van der Waals surface area contributed by atoms with Gasteiger partial charge < -0.3 is 10.1 Å². The maximum absolute atomic E-state index is 12.1. The molecule has 0 fully saturated rings. The van der Waals surface area contributed by atoms with Crippen molar-refractivity contribution in [2.45, 2.75) is 25.2 Å². The number of carbonyl (C=O) groups excluding carboxylic acids is 1. The van der Waals surface area contributed by atoms with E-state index in [1.165, 1.54) is 4.90 Å². The molecule has 0 saturated carbocycles. The maximum atomic E-state index is 12.1. The van der Waals surface area contributed by atoms with Crippen molar-refractivity contribution in [3.8, 4) is 5.75 Å². The molecule has 1 amide bonds. The van der Waals surface area contributed by atoms with Crippen molar-refractivity contribution in [1.82, 2.24) is 0 Å². The predicted molar refractivity (Wildman–Crippen MR) is 92.9 cm³/mol. The van der Waals surface area contributed by atoms with E-state index in [0.717, 1.165) is 23.2 Å². The average Bonchev–Trinajstić information content (AvgIpc) is 2.55. The highest BCUT2D eigenvalue weighted by Crippen LogP contribution is 2.21. The molecule has 22 heavy (non-hydrogen) atoms. The van der Waals surface area contributed by atoms with Crippen molar-refractivity contribution < 1.29 is 9.53 Å². The lowest BCUT2D eigenvalue weighted by molar-refractivity contribution is -0.118. The van der Waals surface area contributed by atoms with E-state index in [4.69, 9.17) is 4.74 Å². The first-order valence-corrected chi connectivity index (χ1v) is 8.51. The number of nitrogens with one attached hydrogen (secondary N) is 1. The molecule has 0 radical (unpaired) electrons. The topological polar surface area (TPSA) is 38.3 Å². The van der Waals surface area contributed by atoms with Gasteiger partial charge in [0.15, 0.2) is 6.61 Å². The minimum atomic E-state index is -0.141. The number of para-hydroxylation sites is 1. The molecule has 0 aromatic heterocycles. The Labute approximate surface area is 136 Å². The number of benzene rings is 2. The van der Waals surface area contributed by atoms with E-state index in [1.807, 2.05) is 55.6 Å². The van der Waals surface area contributed by atoms with Crippen LogP contribution in [0.5, 0.6) is 5.75 Å². The highest BCUT2D eigenvalue weighted by Gasteiger charge is 2.09. The quantitative estimate of drug-likeness (QED) is 0.808. The minimum Gasteiger partial charge on any atom is -0.484 e. The Morgan fingerprint density at radius 2 is 1.91 bits per heavy atom. The molecule has 0 aliphatic carbocycles. The molecule has 0 saturated heterocycles. The van der Waals surface area contributed by atoms with Crippen molar-refractivity contribution in [3.05, 3.63) is 53.6 Å². The van der Waals surface area contributed by atoms with Gasteiger partial charge in [-0.25, -0.2) is 0 Å². The first kappa shape index (κ1) is 16.4. The molecule has 0 atom stereocenters. The predicted octanol–water partition coefficient (Wildman–Crippen LogP) is 4.30. The van der Waals surface area contributed by atoms with Gasteiger partial charge in [0.05, 0.1) is 0 Å². The van der Waals surface area contributed by atoms with Crippen molar-refractivity contribution in [2.24, 2.45) is 0 Å². The van der Waals surface area contributed by atoms with E-state index in [0.29, 0.717) is 5.75 Å². The Kier molecular flexibility index (Phi) is 5.90. The van der Waals surface area contributed by atoms with Gasteiger partial charge in [-0.3, -0.25) is 4.79 Å². The maximum Gasteiger partial charge on any atom is 0.262 e. The zero-order valence-corrected chi connectivity index (χ0v) is 14.0. The number of hydrogen-bond acceptors (Lipinski definition) is 3. The normalized spacial score (nSPS) is 10.3. The van der Waals surface area contributed by atoms with Crippen molar-refractivity contribution in [1.29, 1.82) is 0 Å². The van der Waals surface area contributed by atoms with Crippen LogP contribution >= 0.6 is 11.8 Å². The fourth-order valence-electron chi connectivity index (χ4n) is 2.20. The molecule has 0 aliphatic rings. The van der Waals surface area contributed by atoms with Crippen LogP contribution in [0.4, 0.5) is 5.69 Å². The van der Waals surface area contributed by atoms with E-state index in [-0.39, 0.29) is 12.5 Å². The molecule has 0 bridgehead atoms. The first-order valence-electron chi connectivity index (χ1n) is 7.29. The third-order valence-electron chi connectivity index (χ3n) is 3.43. The summed E-state index contributed by atoms with van der Waals surface area (Å²) < 4.78 is 5.53. The summed E-state index contributed by atoms with van der Waals surface area (Å²) in [5, 5.41) is 2.95. The SMILES string of the molecule is CCc1cccc(C)c1NC(=O)COc1ccc(SC)cc1. The lowest BCUT2D eigenvalue weighted by atomic mass is 10.1. The van der Waals surface area contributed by atoms with Crippen LogP contribution in [0.1, 0.15) is 18.1 Å². The molecule has 2 rings (SSSR count). The summed E-state index contributed by atoms with van der Waals surface area (Å²) in [5.41, 5.74) is 3.10. The van der Waals surface area contributed by atoms with Gasteiger partial charge in [0, 0.05) is 10.6 Å². The number of aryl methyl sites for hydroxylation is 2. The minimum absolute atomic E-state index is 0.0100. The number of ether oxygens (including phenoxy) is 1. The van der Waals surface area contributed by atoms with Gasteiger partial charge in [-0.15, -0.1) is 11.8 Å². The Bertz CT molecular complexity index is 638. The number of hydrogen-bond donors (Lipinski definition) is 1. The monoisotopic (exact) mass is 315 g/mol. The standard InChI is InChI=1S/C18H21NO2S/c1-4-14-7-5-6-13(2)18(14)19-17(20)12-21-15-8-10-16(22-3)11-9-15/h5-11H,4,12H2,1-3H3,(H,19,20). The van der Waals surface area contributed by atoms with E-state index in [2.05, 4.69) is 12.2 Å². The number of amides is 1. The van der Waals surface area contributed by atoms with Gasteiger partial charge in [0.25, 0.3) is 5.91 Å². The van der Waals surface area contributed by atoms with Gasteiger partial charge in [0.1, 0.15) is 5.75 Å². The molecular weight excluding hydrogens is 294 g/mol. The molecule has 0 heterocycles. The second kappa shape index (κ2) is 7.90. The van der Waals surface area contributed by atoms with Crippen LogP contribution in [0.3, 0.4) is 0 Å². The summed E-state index contributed by atoms with van der Waals surface area (Å²) in [4.78, 5) is 13.3.